The van der Waals surface area contributed by atoms with Crippen LogP contribution in [0.2, 0.25) is 5.02 Å². The minimum absolute atomic E-state index is 0.0204. The smallest absolute Gasteiger partial charge is 0.286 e. The summed E-state index contributed by atoms with van der Waals surface area (Å²) in [5.74, 6) is -1.65. The second kappa shape index (κ2) is 17.5. The molecule has 2 saturated heterocycles. The Morgan fingerprint density at radius 1 is 1.11 bits per heavy atom. The summed E-state index contributed by atoms with van der Waals surface area (Å²) < 4.78 is 40.6. The number of anilines is 1. The molecule has 3 aromatic rings. The number of allylic oxidation sites excluding steroid dienone is 1. The lowest BCUT2D eigenvalue weighted by Gasteiger charge is -2.49. The van der Waals surface area contributed by atoms with Crippen molar-refractivity contribution < 1.29 is 37.9 Å². The van der Waals surface area contributed by atoms with Crippen LogP contribution < -0.4 is 19.1 Å². The van der Waals surface area contributed by atoms with E-state index in [0.717, 1.165) is 58.4 Å². The number of aryl methyl sites for hydroxylation is 2. The molecule has 3 fully saturated rings. The van der Waals surface area contributed by atoms with Crippen LogP contribution in [0.25, 0.3) is 0 Å². The zero-order valence-corrected chi connectivity index (χ0v) is 37.9. The second-order valence-corrected chi connectivity index (χ2v) is 21.0. The van der Waals surface area contributed by atoms with Crippen molar-refractivity contribution in [1.29, 1.82) is 0 Å². The number of halogens is 1. The van der Waals surface area contributed by atoms with Crippen LogP contribution in [0, 0.1) is 17.8 Å². The first-order chi connectivity index (χ1) is 30.2. The molecule has 17 heteroatoms. The number of nitrogens with zero attached hydrogens (tertiary/aromatic N) is 6. The number of carbonyl (C=O) groups is 3. The third-order valence-electron chi connectivity index (χ3n) is 14.2. The van der Waals surface area contributed by atoms with Gasteiger partial charge >= 0.3 is 0 Å². The Hall–Kier alpha value is -4.48. The van der Waals surface area contributed by atoms with Gasteiger partial charge in [0.15, 0.2) is 0 Å². The summed E-state index contributed by atoms with van der Waals surface area (Å²) in [5, 5.41) is 17.7. The van der Waals surface area contributed by atoms with Crippen LogP contribution in [0.1, 0.15) is 77.3 Å². The zero-order chi connectivity index (χ0) is 44.1. The molecular formula is C46H58ClN7O8S. The molecule has 338 valence electrons. The number of fused-ring (bicyclic) bond motifs is 4. The number of nitrogens with one attached hydrogen (secondary N) is 1. The summed E-state index contributed by atoms with van der Waals surface area (Å²) in [6.07, 6.45) is 9.73. The molecule has 15 nitrogen and oxygen atoms in total. The van der Waals surface area contributed by atoms with E-state index in [1.165, 1.54) is 29.1 Å². The van der Waals surface area contributed by atoms with Crippen molar-refractivity contribution in [1.82, 2.24) is 24.3 Å². The number of amides is 3. The minimum atomic E-state index is -3.75. The van der Waals surface area contributed by atoms with Gasteiger partial charge in [0.25, 0.3) is 11.8 Å². The van der Waals surface area contributed by atoms with Crippen LogP contribution in [0.3, 0.4) is 0 Å². The summed E-state index contributed by atoms with van der Waals surface area (Å²) in [5.41, 5.74) is 1.48. The number of rotatable bonds is 6. The van der Waals surface area contributed by atoms with Crippen molar-refractivity contribution in [2.75, 3.05) is 76.9 Å². The molecule has 2 bridgehead atoms. The number of aromatic nitrogens is 2. The molecule has 1 saturated carbocycles. The molecule has 2 aliphatic carbocycles. The third-order valence-corrected chi connectivity index (χ3v) is 16.4. The van der Waals surface area contributed by atoms with Gasteiger partial charge in [0, 0.05) is 68.5 Å². The van der Waals surface area contributed by atoms with E-state index in [4.69, 9.17) is 25.8 Å². The molecular weight excluding hydrogens is 846 g/mol. The molecule has 4 aliphatic heterocycles. The SMILES string of the molecule is COc1nn(C)cc1C(=O)N[S@@]1(=O)=NC(=O)c2ccc3c(c2)N(C[C@@H]2CC[C@H]2[C@](O)(CC(=O)N2CCN(C4COC4)CC2)/C=C/C[C@H](C)C1)C[C@@]1(CCCc2cc(Cl)ccc21)CO3. The van der Waals surface area contributed by atoms with Gasteiger partial charge in [-0.05, 0) is 97.7 Å². The maximum atomic E-state index is 14.9. The van der Waals surface area contributed by atoms with Gasteiger partial charge in [-0.3, -0.25) is 28.7 Å². The summed E-state index contributed by atoms with van der Waals surface area (Å²) in [7, 11) is -0.729. The van der Waals surface area contributed by atoms with Gasteiger partial charge in [-0.1, -0.05) is 36.7 Å². The molecule has 6 aliphatic rings. The van der Waals surface area contributed by atoms with Crippen LogP contribution in [-0.2, 0) is 38.3 Å². The predicted octanol–water partition coefficient (Wildman–Crippen LogP) is 4.79. The molecule has 6 atom stereocenters. The summed E-state index contributed by atoms with van der Waals surface area (Å²) in [6.45, 7) is 7.56. The van der Waals surface area contributed by atoms with Crippen molar-refractivity contribution in [3.63, 3.8) is 0 Å². The lowest BCUT2D eigenvalue weighted by Crippen LogP contribution is -2.58. The predicted molar refractivity (Wildman–Crippen MR) is 239 cm³/mol. The highest BCUT2D eigenvalue weighted by molar-refractivity contribution is 7.92. The third kappa shape index (κ3) is 8.85. The zero-order valence-electron chi connectivity index (χ0n) is 36.3. The number of piperazine rings is 1. The van der Waals surface area contributed by atoms with E-state index in [-0.39, 0.29) is 52.8 Å². The monoisotopic (exact) mass is 903 g/mol. The highest BCUT2D eigenvalue weighted by Gasteiger charge is 2.49. The molecule has 2 N–H and O–H groups in total. The molecule has 2 aromatic carbocycles. The van der Waals surface area contributed by atoms with Crippen LogP contribution in [0.15, 0.2) is 59.1 Å². The Balaban J connectivity index is 1.09. The first-order valence-electron chi connectivity index (χ1n) is 22.2. The largest absolute Gasteiger partial charge is 0.490 e. The average molecular weight is 905 g/mol. The number of benzene rings is 2. The quantitative estimate of drug-likeness (QED) is 0.327. The highest BCUT2D eigenvalue weighted by atomic mass is 35.5. The van der Waals surface area contributed by atoms with Crippen molar-refractivity contribution in [3.05, 3.63) is 82.0 Å². The molecule has 0 unspecified atom stereocenters. The Labute approximate surface area is 374 Å². The second-order valence-electron chi connectivity index (χ2n) is 18.6. The number of aliphatic hydroxyl groups is 1. The van der Waals surface area contributed by atoms with Crippen LogP contribution in [0.4, 0.5) is 5.69 Å². The fourth-order valence-corrected chi connectivity index (χ4v) is 12.7. The van der Waals surface area contributed by atoms with E-state index >= 15 is 0 Å². The fourth-order valence-electron chi connectivity index (χ4n) is 10.6. The lowest BCUT2D eigenvalue weighted by atomic mass is 9.63. The number of methoxy groups -OCH3 is 1. The maximum Gasteiger partial charge on any atom is 0.286 e. The topological polar surface area (TPSA) is 168 Å². The molecule has 9 rings (SSSR count). The van der Waals surface area contributed by atoms with Gasteiger partial charge in [0.05, 0.1) is 56.4 Å². The number of ether oxygens (including phenoxy) is 3. The summed E-state index contributed by atoms with van der Waals surface area (Å²) in [4.78, 5) is 48.7. The van der Waals surface area contributed by atoms with E-state index < -0.39 is 32.7 Å². The van der Waals surface area contributed by atoms with Gasteiger partial charge in [-0.2, -0.15) is 0 Å². The Bertz CT molecular complexity index is 2420. The molecule has 1 spiro atoms. The molecule has 0 radical (unpaired) electrons. The molecule has 5 heterocycles. The first kappa shape index (κ1) is 43.8. The van der Waals surface area contributed by atoms with Gasteiger partial charge in [0.2, 0.25) is 11.8 Å². The fraction of sp³-hybridized carbons (Fsp3) is 0.565. The molecule has 3 amide bonds. The Kier molecular flexibility index (Phi) is 12.1. The van der Waals surface area contributed by atoms with E-state index in [1.807, 2.05) is 24.0 Å². The van der Waals surface area contributed by atoms with Crippen LogP contribution in [0.5, 0.6) is 11.6 Å². The standard InChI is InChI=1S/C46H58ClN7O8S/c1-30-6-4-15-46(58,22-41(55)53-18-16-52(17-19-53)35-25-61-26-35)38-11-8-33(38)23-54-28-45(14-5-7-31-20-34(47)10-12-37(31)45)29-62-40-13-9-32(21-39(40)54)42(56)49-63(59,27-30)50-43(57)36-24-51(2)48-44(36)60-3/h4,9-10,12-13,15,20-21,24,30,33,35,38,58H,5-8,11,14,16-19,22-23,25-29H2,1-3H3,(H,49,50,56,57,59)/b15-4+/t30-,33-,38+,45-,46+,63-/m0/s1. The van der Waals surface area contributed by atoms with E-state index in [0.29, 0.717) is 61.7 Å². The van der Waals surface area contributed by atoms with Crippen LogP contribution in [-0.4, -0.2) is 130 Å². The van der Waals surface area contributed by atoms with Crippen molar-refractivity contribution in [2.45, 2.75) is 68.9 Å². The van der Waals surface area contributed by atoms with Crippen LogP contribution >= 0.6 is 11.6 Å². The minimum Gasteiger partial charge on any atom is -0.490 e. The van der Waals surface area contributed by atoms with Gasteiger partial charge in [-0.25, -0.2) is 4.21 Å². The number of hydrogen-bond acceptors (Lipinski definition) is 11. The molecule has 1 aromatic heterocycles. The number of carbonyl (C=O) groups excluding carboxylic acids is 3. The van der Waals surface area contributed by atoms with Gasteiger partial charge in [0.1, 0.15) is 21.2 Å². The molecule has 63 heavy (non-hydrogen) atoms. The Morgan fingerprint density at radius 3 is 2.65 bits per heavy atom. The van der Waals surface area contributed by atoms with E-state index in [2.05, 4.69) is 36.1 Å². The van der Waals surface area contributed by atoms with Crippen molar-refractivity contribution in [2.24, 2.45) is 29.2 Å². The lowest BCUT2D eigenvalue weighted by molar-refractivity contribution is -0.143. The van der Waals surface area contributed by atoms with E-state index in [1.54, 1.807) is 31.3 Å². The van der Waals surface area contributed by atoms with Gasteiger partial charge < -0.3 is 29.1 Å². The van der Waals surface area contributed by atoms with Crippen molar-refractivity contribution in [3.8, 4) is 11.6 Å². The Morgan fingerprint density at radius 2 is 1.92 bits per heavy atom. The highest BCUT2D eigenvalue weighted by Crippen LogP contribution is 2.49. The van der Waals surface area contributed by atoms with Gasteiger partial charge in [-0.15, -0.1) is 9.46 Å². The average Bonchev–Trinajstić information content (AvgIpc) is 3.53. The van der Waals surface area contributed by atoms with Crippen molar-refractivity contribution >= 4 is 44.9 Å². The summed E-state index contributed by atoms with van der Waals surface area (Å²) in [6, 6.07) is 11.7. The number of hydrogen-bond donors (Lipinski definition) is 2. The maximum absolute atomic E-state index is 14.9. The normalized spacial score (nSPS) is 30.7. The van der Waals surface area contributed by atoms with E-state index in [9.17, 15) is 23.7 Å². The summed E-state index contributed by atoms with van der Waals surface area (Å²) >= 11 is 6.52. The first-order valence-corrected chi connectivity index (χ1v) is 24.3.